The van der Waals surface area contributed by atoms with Crippen molar-refractivity contribution in [2.24, 2.45) is 0 Å². The van der Waals surface area contributed by atoms with E-state index in [1.807, 2.05) is 6.08 Å². The molecule has 0 aromatic rings. The van der Waals surface area contributed by atoms with Crippen LogP contribution in [0.3, 0.4) is 0 Å². The molecule has 0 radical (unpaired) electrons. The molecule has 7 fully saturated rings. The number of unbranched alkanes of at least 4 members (excludes halogenated alkanes) is 27. The molecule has 0 aromatic carbocycles. The summed E-state index contributed by atoms with van der Waals surface area (Å²) in [5.74, 6) is -2.19. The Morgan fingerprint density at radius 2 is 0.653 bits per heavy atom. The number of ether oxygens (including phenoxy) is 14. The number of aliphatic hydroxyl groups excluding tert-OH is 20. The number of hydrogen-bond acceptors (Lipinski definition) is 37. The van der Waals surface area contributed by atoms with Crippen LogP contribution in [0.4, 0.5) is 0 Å². The van der Waals surface area contributed by atoms with E-state index in [1.165, 1.54) is 129 Å². The van der Waals surface area contributed by atoms with Gasteiger partial charge in [-0.05, 0) is 26.2 Å². The molecule has 14 unspecified atom stereocenters. The predicted octanol–water partition coefficient (Wildman–Crippen LogP) is -2.79. The molecule has 0 aliphatic carbocycles. The lowest BCUT2D eigenvalue weighted by molar-refractivity contribution is -0.397. The van der Waals surface area contributed by atoms with Crippen molar-refractivity contribution in [3.8, 4) is 0 Å². The minimum Gasteiger partial charge on any atom is -0.394 e. The highest BCUT2D eigenvalue weighted by molar-refractivity contribution is 5.76. The van der Waals surface area contributed by atoms with Crippen LogP contribution in [0, 0.1) is 0 Å². The van der Waals surface area contributed by atoms with Gasteiger partial charge < -0.3 is 184 Å². The van der Waals surface area contributed by atoms with E-state index < -0.39 is 285 Å². The summed E-state index contributed by atoms with van der Waals surface area (Å²) < 4.78 is 84.6. The molecular formula is C84H151N3O37. The Hall–Kier alpha value is -3.21. The van der Waals surface area contributed by atoms with Crippen molar-refractivity contribution in [3.63, 3.8) is 0 Å². The third kappa shape index (κ3) is 31.8. The number of allylic oxidation sites excluding steroid dienone is 1. The lowest BCUT2D eigenvalue weighted by Crippen LogP contribution is -2.72. The molecule has 3 amide bonds. The van der Waals surface area contributed by atoms with E-state index in [1.54, 1.807) is 6.08 Å². The molecule has 7 aliphatic heterocycles. The summed E-state index contributed by atoms with van der Waals surface area (Å²) in [6.07, 6.45) is -30.0. The van der Waals surface area contributed by atoms with Gasteiger partial charge in [-0.3, -0.25) is 14.4 Å². The van der Waals surface area contributed by atoms with Gasteiger partial charge in [0.05, 0.1) is 64.5 Å². The van der Waals surface area contributed by atoms with Gasteiger partial charge in [0, 0.05) is 20.3 Å². The minimum absolute atomic E-state index is 0.153. The highest BCUT2D eigenvalue weighted by Crippen LogP contribution is 2.40. The van der Waals surface area contributed by atoms with E-state index in [9.17, 15) is 117 Å². The standard InChI is InChI=1S/C84H151N3O37/c1-6-8-10-12-14-16-18-20-21-22-23-25-27-29-31-33-35-37-56(97)87-48(49(96)36-34-32-30-28-26-24-19-17-15-13-11-9-7-2)44-111-80-69(108)66(105)72(54(42-92)118-80)119-83-70(109)76(62(101)52(40-90)115-83)124-79-58(86-47(5)95)75(122-81-67(106)64(103)59(98)45(3)112-81)73(55(43-93)117-79)120-84-71(110)77(63(102)53(41-91)116-84)123-78-57(85-46(4)94)74(61(100)51(39-89)113-78)121-82-68(107)65(104)60(99)50(38-88)114-82/h34,36,45,48-55,57-84,88-93,96,98-110H,6-33,35,37-44H2,1-5H3,(H,85,94)(H,86,95)(H,87,97)/b36-34+/t45?,48-,49+,50?,51?,52?,53?,54?,55?,57?,58?,59+,60-,61+,62-,63-,64?,65-,66+,67-,68?,69?,70?,71?,72+,73+,74+,75+,76-,77-,78-,79-,80+,81+,82-,83-,84-/m0/s1. The molecule has 724 valence electrons. The summed E-state index contributed by atoms with van der Waals surface area (Å²) in [7, 11) is 0. The predicted molar refractivity (Wildman–Crippen MR) is 434 cm³/mol. The molecule has 0 spiro atoms. The number of aliphatic hydroxyl groups is 20. The molecule has 0 saturated carbocycles. The third-order valence-electron chi connectivity index (χ3n) is 24.3. The molecular weight excluding hydrogens is 1640 g/mol. The summed E-state index contributed by atoms with van der Waals surface area (Å²) in [6, 6.07) is -4.88. The van der Waals surface area contributed by atoms with Crippen LogP contribution < -0.4 is 16.0 Å². The van der Waals surface area contributed by atoms with E-state index >= 15 is 0 Å². The van der Waals surface area contributed by atoms with Crippen LogP contribution >= 0.6 is 0 Å². The highest BCUT2D eigenvalue weighted by Gasteiger charge is 2.60. The Morgan fingerprint density at radius 1 is 0.331 bits per heavy atom. The van der Waals surface area contributed by atoms with Crippen LogP contribution in [0.5, 0.6) is 0 Å². The highest BCUT2D eigenvalue weighted by atomic mass is 16.8. The maximum Gasteiger partial charge on any atom is 0.220 e. The van der Waals surface area contributed by atoms with Gasteiger partial charge in [0.25, 0.3) is 0 Å². The normalized spacial score (nSPS) is 38.5. The average molecular weight is 1800 g/mol. The molecule has 7 aliphatic rings. The zero-order chi connectivity index (χ0) is 90.7. The topological polar surface area (TPSA) is 621 Å². The first kappa shape index (κ1) is 108. The first-order valence-electron chi connectivity index (χ1n) is 45.3. The van der Waals surface area contributed by atoms with E-state index in [-0.39, 0.29) is 12.3 Å². The molecule has 0 bridgehead atoms. The Balaban J connectivity index is 1.06. The van der Waals surface area contributed by atoms with Crippen molar-refractivity contribution >= 4 is 17.7 Å². The number of carbonyl (C=O) groups excluding carboxylic acids is 3. The van der Waals surface area contributed by atoms with E-state index in [2.05, 4.69) is 29.8 Å². The van der Waals surface area contributed by atoms with Crippen molar-refractivity contribution in [1.82, 2.24) is 16.0 Å². The minimum atomic E-state index is -2.37. The smallest absolute Gasteiger partial charge is 0.220 e. The van der Waals surface area contributed by atoms with Crippen molar-refractivity contribution in [3.05, 3.63) is 12.2 Å². The Kier molecular flexibility index (Phi) is 49.2. The van der Waals surface area contributed by atoms with Crippen LogP contribution in [0.15, 0.2) is 12.2 Å². The number of nitrogens with one attached hydrogen (secondary N) is 3. The number of amides is 3. The summed E-state index contributed by atoms with van der Waals surface area (Å²) in [6.45, 7) is 0.881. The van der Waals surface area contributed by atoms with Crippen molar-refractivity contribution < 1.29 is 183 Å². The van der Waals surface area contributed by atoms with Gasteiger partial charge in [0.1, 0.15) is 165 Å². The molecule has 40 nitrogen and oxygen atoms in total. The second kappa shape index (κ2) is 56.6. The van der Waals surface area contributed by atoms with Crippen LogP contribution in [-0.2, 0) is 80.7 Å². The second-order valence-electron chi connectivity index (χ2n) is 34.2. The lowest BCUT2D eigenvalue weighted by Gasteiger charge is -2.52. The first-order chi connectivity index (χ1) is 59.5. The van der Waals surface area contributed by atoms with E-state index in [4.69, 9.17) is 66.3 Å². The van der Waals surface area contributed by atoms with Crippen LogP contribution in [0.25, 0.3) is 0 Å². The zero-order valence-corrected chi connectivity index (χ0v) is 72.6. The molecule has 124 heavy (non-hydrogen) atoms. The summed E-state index contributed by atoms with van der Waals surface area (Å²) >= 11 is 0. The lowest BCUT2D eigenvalue weighted by atomic mass is 9.93. The van der Waals surface area contributed by atoms with Crippen LogP contribution in [0.1, 0.15) is 227 Å². The summed E-state index contributed by atoms with van der Waals surface area (Å²) in [5.41, 5.74) is 0. The van der Waals surface area contributed by atoms with E-state index in [0.29, 0.717) is 12.8 Å². The van der Waals surface area contributed by atoms with Gasteiger partial charge >= 0.3 is 0 Å². The van der Waals surface area contributed by atoms with E-state index in [0.717, 1.165) is 65.2 Å². The third-order valence-corrected chi connectivity index (χ3v) is 24.3. The zero-order valence-electron chi connectivity index (χ0n) is 72.6. The van der Waals surface area contributed by atoms with Gasteiger partial charge in [-0.1, -0.05) is 193 Å². The fraction of sp³-hybridized carbons (Fsp3) is 0.940. The monoisotopic (exact) mass is 1790 g/mol. The fourth-order valence-corrected chi connectivity index (χ4v) is 16.9. The maximum absolute atomic E-state index is 13.6. The largest absolute Gasteiger partial charge is 0.394 e. The Labute approximate surface area is 726 Å². The number of carbonyl (C=O) groups is 3. The SMILES string of the molecule is CCCCCCCCCCCCC/C=C/[C@@H](O)[C@H](CO[C@@H]1OC(CO)[C@@H](O[C@@H]2OC(CO)[C@H](O)[C@H](O[C@@H]3OC(CO)[C@@H](O[C@@H]4OC(CO)[C@H](O)[C@H](O[C@@H]5OC(CO)[C@@H](O)[C@H](O[C@@H]6OC(CO)[C@H](O)[C@H](O)C6O)C5NC(C)=O)C4O)[C@H](O[C@H]4OC(C)[C@@H](O)C(O)[C@@H]4O)C3NC(C)=O)C2O)[C@H](O)C1O)NC(=O)CCCCCCCCCCCCCCCCCCC. The first-order valence-corrected chi connectivity index (χ1v) is 45.3. The van der Waals surface area contributed by atoms with Crippen LogP contribution in [-0.4, -0.2) is 393 Å². The van der Waals surface area contributed by atoms with Crippen LogP contribution in [0.2, 0.25) is 0 Å². The number of rotatable bonds is 56. The average Bonchev–Trinajstić information content (AvgIpc) is 0.758. The van der Waals surface area contributed by atoms with Gasteiger partial charge in [0.15, 0.2) is 44.0 Å². The van der Waals surface area contributed by atoms with Gasteiger partial charge in [-0.15, -0.1) is 0 Å². The van der Waals surface area contributed by atoms with Gasteiger partial charge in [0.2, 0.25) is 17.7 Å². The molecule has 7 rings (SSSR count). The fourth-order valence-electron chi connectivity index (χ4n) is 16.9. The van der Waals surface area contributed by atoms with Crippen molar-refractivity contribution in [1.29, 1.82) is 0 Å². The Morgan fingerprint density at radius 3 is 1.10 bits per heavy atom. The maximum atomic E-state index is 13.6. The molecule has 7 saturated heterocycles. The van der Waals surface area contributed by atoms with Crippen molar-refractivity contribution in [2.45, 2.75) is 454 Å². The Bertz CT molecular complexity index is 2950. The molecule has 7 heterocycles. The second-order valence-corrected chi connectivity index (χ2v) is 34.2. The quantitative estimate of drug-likeness (QED) is 0.0216. The molecule has 23 N–H and O–H groups in total. The van der Waals surface area contributed by atoms with Crippen molar-refractivity contribution in [2.75, 3.05) is 46.2 Å². The number of hydrogen-bond donors (Lipinski definition) is 23. The molecule has 40 heteroatoms. The summed E-state index contributed by atoms with van der Waals surface area (Å²) in [4.78, 5) is 40.2. The van der Waals surface area contributed by atoms with Gasteiger partial charge in [-0.25, -0.2) is 0 Å². The molecule has 37 atom stereocenters. The van der Waals surface area contributed by atoms with Gasteiger partial charge in [-0.2, -0.15) is 0 Å². The molecule has 0 aromatic heterocycles. The summed E-state index contributed by atoms with van der Waals surface area (Å²) in [5, 5.41) is 233.